The summed E-state index contributed by atoms with van der Waals surface area (Å²) in [7, 11) is -9.70. The van der Waals surface area contributed by atoms with Crippen LogP contribution in [-0.2, 0) is 20.2 Å². The first kappa shape index (κ1) is 13.7. The second kappa shape index (κ2) is 4.17. The molecule has 0 atom stereocenters. The quantitative estimate of drug-likeness (QED) is 0.554. The number of rotatable bonds is 2. The molecule has 0 amide bonds. The molecule has 102 valence electrons. The van der Waals surface area contributed by atoms with Crippen LogP contribution < -0.4 is 5.73 Å². The van der Waals surface area contributed by atoms with E-state index in [4.69, 9.17) is 10.3 Å². The van der Waals surface area contributed by atoms with Gasteiger partial charge in [-0.2, -0.15) is 16.8 Å². The van der Waals surface area contributed by atoms with Crippen molar-refractivity contribution < 1.29 is 25.9 Å². The average Bonchev–Trinajstić information content (AvgIpc) is 2.26. The van der Waals surface area contributed by atoms with Crippen LogP contribution in [0.3, 0.4) is 0 Å². The second-order valence-corrected chi connectivity index (χ2v) is 6.54. The molecular weight excluding hydrogens is 294 g/mol. The molecular formula is C10H9NO6S2. The number of nitrogen functional groups attached to an aromatic ring is 1. The first-order valence-corrected chi connectivity index (χ1v) is 7.76. The molecule has 19 heavy (non-hydrogen) atoms. The van der Waals surface area contributed by atoms with E-state index in [1.54, 1.807) is 6.07 Å². The van der Waals surface area contributed by atoms with Crippen LogP contribution in [0.25, 0.3) is 10.8 Å². The lowest BCUT2D eigenvalue weighted by Crippen LogP contribution is -2.10. The molecule has 4 N–H and O–H groups in total. The number of hydrogen-bond donors (Lipinski definition) is 3. The van der Waals surface area contributed by atoms with Gasteiger partial charge in [-0.25, -0.2) is 0 Å². The average molecular weight is 303 g/mol. The van der Waals surface area contributed by atoms with Gasteiger partial charge in [0.1, 0.15) is 9.79 Å². The topological polar surface area (TPSA) is 135 Å². The lowest BCUT2D eigenvalue weighted by atomic mass is 10.1. The van der Waals surface area contributed by atoms with Gasteiger partial charge in [0, 0.05) is 16.5 Å². The minimum Gasteiger partial charge on any atom is -0.398 e. The third kappa shape index (κ3) is 2.40. The van der Waals surface area contributed by atoms with Gasteiger partial charge in [-0.15, -0.1) is 0 Å². The lowest BCUT2D eigenvalue weighted by molar-refractivity contribution is 0.468. The van der Waals surface area contributed by atoms with Gasteiger partial charge in [-0.1, -0.05) is 24.3 Å². The molecule has 2 aromatic rings. The number of nitrogens with two attached hydrogens (primary N) is 1. The number of fused-ring (bicyclic) bond motifs is 1. The Bertz CT molecular complexity index is 870. The lowest BCUT2D eigenvalue weighted by Gasteiger charge is -2.10. The van der Waals surface area contributed by atoms with Crippen molar-refractivity contribution in [2.24, 2.45) is 0 Å². The third-order valence-corrected chi connectivity index (χ3v) is 4.49. The van der Waals surface area contributed by atoms with E-state index in [1.165, 1.54) is 18.2 Å². The normalized spacial score (nSPS) is 12.7. The van der Waals surface area contributed by atoms with E-state index in [1.807, 2.05) is 0 Å². The zero-order chi connectivity index (χ0) is 14.4. The smallest absolute Gasteiger partial charge is 0.296 e. The van der Waals surface area contributed by atoms with Crippen molar-refractivity contribution in [2.45, 2.75) is 9.79 Å². The largest absolute Gasteiger partial charge is 0.398 e. The van der Waals surface area contributed by atoms with E-state index >= 15 is 0 Å². The summed E-state index contributed by atoms with van der Waals surface area (Å²) in [5, 5.41) is 0.167. The molecule has 0 heterocycles. The van der Waals surface area contributed by atoms with Gasteiger partial charge in [-0.3, -0.25) is 9.11 Å². The number of anilines is 1. The standard InChI is InChI=1S/C10H9NO6S2/c11-8-5-9(18(12,13)14)10(19(15,16)17)7-4-2-1-3-6(7)8/h1-5H,11H2,(H,12,13,14)(H,15,16,17). The summed E-state index contributed by atoms with van der Waals surface area (Å²) in [5.41, 5.74) is 5.58. The Labute approximate surface area is 109 Å². The molecule has 0 saturated carbocycles. The van der Waals surface area contributed by atoms with Crippen molar-refractivity contribution in [3.05, 3.63) is 30.3 Å². The highest BCUT2D eigenvalue weighted by Crippen LogP contribution is 2.33. The Morgan fingerprint density at radius 3 is 1.89 bits per heavy atom. The maximum atomic E-state index is 11.4. The van der Waals surface area contributed by atoms with Crippen LogP contribution in [-0.4, -0.2) is 25.9 Å². The molecule has 0 aliphatic rings. The van der Waals surface area contributed by atoms with Gasteiger partial charge in [0.2, 0.25) is 0 Å². The Kier molecular flexibility index (Phi) is 3.01. The molecule has 7 nitrogen and oxygen atoms in total. The fourth-order valence-electron chi connectivity index (χ4n) is 1.81. The van der Waals surface area contributed by atoms with E-state index < -0.39 is 30.0 Å². The monoisotopic (exact) mass is 303 g/mol. The Morgan fingerprint density at radius 2 is 1.42 bits per heavy atom. The van der Waals surface area contributed by atoms with Gasteiger partial charge in [0.25, 0.3) is 20.2 Å². The van der Waals surface area contributed by atoms with Crippen molar-refractivity contribution >= 4 is 36.7 Å². The molecule has 2 rings (SSSR count). The summed E-state index contributed by atoms with van der Waals surface area (Å²) in [5.74, 6) is 0. The maximum Gasteiger partial charge on any atom is 0.296 e. The molecule has 0 unspecified atom stereocenters. The molecule has 0 aliphatic carbocycles. The van der Waals surface area contributed by atoms with Crippen LogP contribution in [0.2, 0.25) is 0 Å². The van der Waals surface area contributed by atoms with E-state index in [9.17, 15) is 21.4 Å². The highest BCUT2D eigenvalue weighted by atomic mass is 32.2. The van der Waals surface area contributed by atoms with Crippen molar-refractivity contribution in [1.29, 1.82) is 0 Å². The summed E-state index contributed by atoms with van der Waals surface area (Å²) >= 11 is 0. The number of benzene rings is 2. The SMILES string of the molecule is Nc1cc(S(=O)(=O)O)c(S(=O)(=O)O)c2ccccc12. The molecule has 0 bridgehead atoms. The van der Waals surface area contributed by atoms with E-state index in [-0.39, 0.29) is 16.5 Å². The van der Waals surface area contributed by atoms with Gasteiger partial charge in [0.15, 0.2) is 0 Å². The minimum atomic E-state index is -4.85. The molecule has 0 aliphatic heterocycles. The van der Waals surface area contributed by atoms with Crippen LogP contribution in [0.4, 0.5) is 5.69 Å². The number of hydrogen-bond acceptors (Lipinski definition) is 5. The second-order valence-electron chi connectivity index (χ2n) is 3.79. The first-order chi connectivity index (χ1) is 8.62. The van der Waals surface area contributed by atoms with E-state index in [2.05, 4.69) is 0 Å². The van der Waals surface area contributed by atoms with Crippen molar-refractivity contribution in [2.75, 3.05) is 5.73 Å². The molecule has 0 radical (unpaired) electrons. The molecule has 2 aromatic carbocycles. The van der Waals surface area contributed by atoms with Gasteiger partial charge in [0.05, 0.1) is 0 Å². The summed E-state index contributed by atoms with van der Waals surface area (Å²) in [6.45, 7) is 0. The predicted octanol–water partition coefficient (Wildman–Crippen LogP) is 0.915. The molecule has 9 heteroatoms. The predicted molar refractivity (Wildman–Crippen MR) is 68.0 cm³/mol. The summed E-state index contributed by atoms with van der Waals surface area (Å²) < 4.78 is 63.4. The fourth-order valence-corrected chi connectivity index (χ4v) is 3.83. The van der Waals surface area contributed by atoms with Crippen LogP contribution in [0.15, 0.2) is 40.1 Å². The molecule has 0 saturated heterocycles. The van der Waals surface area contributed by atoms with E-state index in [0.717, 1.165) is 6.07 Å². The Hall–Kier alpha value is -1.68. The molecule has 0 aromatic heterocycles. The van der Waals surface area contributed by atoms with Gasteiger partial charge >= 0.3 is 0 Å². The maximum absolute atomic E-state index is 11.4. The zero-order valence-electron chi connectivity index (χ0n) is 9.31. The van der Waals surface area contributed by atoms with Crippen LogP contribution in [0.5, 0.6) is 0 Å². The fraction of sp³-hybridized carbons (Fsp3) is 0. The van der Waals surface area contributed by atoms with Crippen molar-refractivity contribution in [3.63, 3.8) is 0 Å². The van der Waals surface area contributed by atoms with E-state index in [0.29, 0.717) is 0 Å². The molecule has 0 fully saturated rings. The van der Waals surface area contributed by atoms with Gasteiger partial charge in [-0.05, 0) is 6.07 Å². The third-order valence-electron chi connectivity index (χ3n) is 2.53. The van der Waals surface area contributed by atoms with Crippen molar-refractivity contribution in [3.8, 4) is 0 Å². The summed E-state index contributed by atoms with van der Waals surface area (Å²) in [6.07, 6.45) is 0. The highest BCUT2D eigenvalue weighted by molar-refractivity contribution is 7.89. The first-order valence-electron chi connectivity index (χ1n) is 4.88. The van der Waals surface area contributed by atoms with Crippen molar-refractivity contribution in [1.82, 2.24) is 0 Å². The van der Waals surface area contributed by atoms with Crippen LogP contribution >= 0.6 is 0 Å². The van der Waals surface area contributed by atoms with Gasteiger partial charge < -0.3 is 5.73 Å². The minimum absolute atomic E-state index is 0.0318. The zero-order valence-corrected chi connectivity index (χ0v) is 10.9. The molecule has 0 spiro atoms. The van der Waals surface area contributed by atoms with Crippen LogP contribution in [0, 0.1) is 0 Å². The Balaban J connectivity index is 3.16. The summed E-state index contributed by atoms with van der Waals surface area (Å²) in [4.78, 5) is -1.84. The highest BCUT2D eigenvalue weighted by Gasteiger charge is 2.27. The van der Waals surface area contributed by atoms with Crippen LogP contribution in [0.1, 0.15) is 0 Å². The summed E-state index contributed by atoms with van der Waals surface area (Å²) in [6, 6.07) is 6.56. The Morgan fingerprint density at radius 1 is 0.895 bits per heavy atom.